The van der Waals surface area contributed by atoms with E-state index in [1.54, 1.807) is 24.3 Å². The lowest BCUT2D eigenvalue weighted by Gasteiger charge is -2.17. The zero-order valence-electron chi connectivity index (χ0n) is 11.1. The highest BCUT2D eigenvalue weighted by Gasteiger charge is 2.13. The molecule has 0 radical (unpaired) electrons. The van der Waals surface area contributed by atoms with Crippen molar-refractivity contribution in [2.24, 2.45) is 11.5 Å². The van der Waals surface area contributed by atoms with E-state index in [-0.39, 0.29) is 17.2 Å². The maximum absolute atomic E-state index is 11.7. The Bertz CT molecular complexity index is 469. The lowest BCUT2D eigenvalue weighted by Crippen LogP contribution is -2.35. The van der Waals surface area contributed by atoms with Crippen molar-refractivity contribution in [1.29, 1.82) is 0 Å². The highest BCUT2D eigenvalue weighted by molar-refractivity contribution is 8.00. The fourth-order valence-electron chi connectivity index (χ4n) is 1.40. The smallest absolute Gasteiger partial charge is 0.250 e. The van der Waals surface area contributed by atoms with Crippen LogP contribution in [0.4, 0.5) is 5.69 Å². The van der Waals surface area contributed by atoms with Crippen LogP contribution in [0, 0.1) is 0 Å². The minimum atomic E-state index is -0.563. The Morgan fingerprint density at radius 2 is 1.95 bits per heavy atom. The minimum Gasteiger partial charge on any atom is -0.366 e. The zero-order valence-corrected chi connectivity index (χ0v) is 11.9. The van der Waals surface area contributed by atoms with Gasteiger partial charge in [0.05, 0.1) is 17.0 Å². The van der Waals surface area contributed by atoms with Crippen LogP contribution in [0.25, 0.3) is 0 Å². The summed E-state index contributed by atoms with van der Waals surface area (Å²) in [5.74, 6) is 0.223. The third-order valence-corrected chi connectivity index (χ3v) is 3.59. The van der Waals surface area contributed by atoms with Crippen molar-refractivity contribution in [1.82, 2.24) is 0 Å². The predicted molar refractivity (Wildman–Crippen MR) is 79.2 cm³/mol. The van der Waals surface area contributed by atoms with Gasteiger partial charge in [-0.25, -0.2) is 0 Å². The number of amides is 2. The highest BCUT2D eigenvalue weighted by atomic mass is 32.2. The van der Waals surface area contributed by atoms with Crippen LogP contribution in [0.2, 0.25) is 0 Å². The third kappa shape index (κ3) is 5.76. The molecule has 104 valence electrons. The first-order valence-corrected chi connectivity index (χ1v) is 7.00. The zero-order chi connectivity index (χ0) is 14.5. The molecule has 5 nitrogen and oxygen atoms in total. The molecule has 0 saturated carbocycles. The average Bonchev–Trinajstić information content (AvgIpc) is 2.27. The molecule has 0 aliphatic rings. The van der Waals surface area contributed by atoms with Gasteiger partial charge in [0, 0.05) is 11.3 Å². The summed E-state index contributed by atoms with van der Waals surface area (Å²) in [6, 6.07) is 6.66. The van der Waals surface area contributed by atoms with Gasteiger partial charge in [-0.05, 0) is 26.0 Å². The van der Waals surface area contributed by atoms with Crippen LogP contribution in [-0.4, -0.2) is 28.9 Å². The van der Waals surface area contributed by atoms with Crippen molar-refractivity contribution in [2.75, 3.05) is 16.8 Å². The van der Waals surface area contributed by atoms with Gasteiger partial charge in [0.15, 0.2) is 0 Å². The molecule has 5 N–H and O–H groups in total. The molecule has 0 aliphatic heterocycles. The number of hydrogen-bond donors (Lipinski definition) is 3. The minimum absolute atomic E-state index is 0.178. The summed E-state index contributed by atoms with van der Waals surface area (Å²) in [7, 11) is 0. The molecule has 0 bridgehead atoms. The van der Waals surface area contributed by atoms with E-state index in [1.165, 1.54) is 11.8 Å². The highest BCUT2D eigenvalue weighted by Crippen LogP contribution is 2.15. The number of carbonyl (C=O) groups is 2. The van der Waals surface area contributed by atoms with Crippen LogP contribution in [0.3, 0.4) is 0 Å². The Kier molecular flexibility index (Phi) is 5.38. The van der Waals surface area contributed by atoms with Gasteiger partial charge in [0.1, 0.15) is 0 Å². The van der Waals surface area contributed by atoms with Crippen LogP contribution >= 0.6 is 11.8 Å². The Labute approximate surface area is 117 Å². The summed E-state index contributed by atoms with van der Waals surface area (Å²) in [5.41, 5.74) is 11.5. The largest absolute Gasteiger partial charge is 0.366 e. The van der Waals surface area contributed by atoms with Crippen molar-refractivity contribution in [3.05, 3.63) is 29.8 Å². The van der Waals surface area contributed by atoms with E-state index in [4.69, 9.17) is 11.5 Å². The van der Waals surface area contributed by atoms with E-state index in [0.717, 1.165) is 0 Å². The van der Waals surface area contributed by atoms with Crippen LogP contribution in [-0.2, 0) is 4.79 Å². The maximum Gasteiger partial charge on any atom is 0.250 e. The maximum atomic E-state index is 11.7. The molecule has 0 aliphatic carbocycles. The van der Waals surface area contributed by atoms with Gasteiger partial charge < -0.3 is 16.8 Å². The second kappa shape index (κ2) is 6.58. The second-order valence-corrected chi connectivity index (χ2v) is 5.92. The summed E-state index contributed by atoms with van der Waals surface area (Å²) >= 11 is 1.45. The number of carbonyl (C=O) groups excluding carboxylic acids is 2. The number of thioether (sulfide) groups is 1. The normalized spacial score (nSPS) is 11.1. The lowest BCUT2D eigenvalue weighted by atomic mass is 10.1. The molecule has 0 atom stereocenters. The lowest BCUT2D eigenvalue weighted by molar-refractivity contribution is -0.113. The first-order chi connectivity index (χ1) is 8.79. The standard InChI is InChI=1S/C13H19N3O2S/c1-13(2,15)8-19-7-11(17)16-10-6-4-3-5-9(10)12(14)18/h3-6H,7-8,15H2,1-2H3,(H2,14,18)(H,16,17). The molecule has 0 fully saturated rings. The number of benzene rings is 1. The summed E-state index contributed by atoms with van der Waals surface area (Å²) in [6.07, 6.45) is 0. The van der Waals surface area contributed by atoms with Gasteiger partial charge >= 0.3 is 0 Å². The Morgan fingerprint density at radius 1 is 1.32 bits per heavy atom. The van der Waals surface area contributed by atoms with E-state index in [2.05, 4.69) is 5.32 Å². The van der Waals surface area contributed by atoms with Crippen molar-refractivity contribution in [3.63, 3.8) is 0 Å². The SMILES string of the molecule is CC(C)(N)CSCC(=O)Nc1ccccc1C(N)=O. The molecular formula is C13H19N3O2S. The topological polar surface area (TPSA) is 98.2 Å². The Hall–Kier alpha value is -1.53. The number of hydrogen-bond acceptors (Lipinski definition) is 4. The van der Waals surface area contributed by atoms with Crippen LogP contribution in [0.5, 0.6) is 0 Å². The molecule has 0 heterocycles. The van der Waals surface area contributed by atoms with Crippen molar-refractivity contribution in [2.45, 2.75) is 19.4 Å². The number of anilines is 1. The first kappa shape index (κ1) is 15.5. The molecule has 19 heavy (non-hydrogen) atoms. The number of nitrogens with two attached hydrogens (primary N) is 2. The summed E-state index contributed by atoms with van der Waals surface area (Å²) in [4.78, 5) is 22.9. The molecule has 2 amide bonds. The first-order valence-electron chi connectivity index (χ1n) is 5.85. The summed E-state index contributed by atoms with van der Waals surface area (Å²) in [6.45, 7) is 3.81. The van der Waals surface area contributed by atoms with Crippen molar-refractivity contribution in [3.8, 4) is 0 Å². The van der Waals surface area contributed by atoms with Gasteiger partial charge in [-0.1, -0.05) is 12.1 Å². The van der Waals surface area contributed by atoms with Gasteiger partial charge in [-0.15, -0.1) is 0 Å². The van der Waals surface area contributed by atoms with E-state index in [1.807, 2.05) is 13.8 Å². The quantitative estimate of drug-likeness (QED) is 0.729. The third-order valence-electron chi connectivity index (χ3n) is 2.17. The predicted octanol–water partition coefficient (Wildman–Crippen LogP) is 1.19. The molecule has 1 aromatic carbocycles. The molecule has 0 spiro atoms. The van der Waals surface area contributed by atoms with Crippen molar-refractivity contribution < 1.29 is 9.59 Å². The molecule has 0 saturated heterocycles. The van der Waals surface area contributed by atoms with Crippen LogP contribution in [0.1, 0.15) is 24.2 Å². The van der Waals surface area contributed by atoms with Gasteiger partial charge in [0.2, 0.25) is 5.91 Å². The van der Waals surface area contributed by atoms with Crippen LogP contribution < -0.4 is 16.8 Å². The number of para-hydroxylation sites is 1. The molecule has 6 heteroatoms. The number of rotatable bonds is 6. The molecule has 0 aromatic heterocycles. The van der Waals surface area contributed by atoms with Gasteiger partial charge in [-0.3, -0.25) is 9.59 Å². The summed E-state index contributed by atoms with van der Waals surface area (Å²) < 4.78 is 0. The molecule has 1 rings (SSSR count). The Balaban J connectivity index is 2.56. The molecule has 0 unspecified atom stereocenters. The van der Waals surface area contributed by atoms with E-state index in [0.29, 0.717) is 17.0 Å². The molecule has 1 aromatic rings. The number of nitrogens with one attached hydrogen (secondary N) is 1. The van der Waals surface area contributed by atoms with Gasteiger partial charge in [0.25, 0.3) is 5.91 Å². The van der Waals surface area contributed by atoms with E-state index in [9.17, 15) is 9.59 Å². The second-order valence-electron chi connectivity index (χ2n) is 4.94. The monoisotopic (exact) mass is 281 g/mol. The summed E-state index contributed by atoms with van der Waals surface area (Å²) in [5, 5.41) is 2.68. The van der Waals surface area contributed by atoms with Crippen LogP contribution in [0.15, 0.2) is 24.3 Å². The van der Waals surface area contributed by atoms with Crippen molar-refractivity contribution >= 4 is 29.3 Å². The van der Waals surface area contributed by atoms with Gasteiger partial charge in [-0.2, -0.15) is 11.8 Å². The van der Waals surface area contributed by atoms with E-state index >= 15 is 0 Å². The fourth-order valence-corrected chi connectivity index (χ4v) is 2.29. The van der Waals surface area contributed by atoms with E-state index < -0.39 is 5.91 Å². The Morgan fingerprint density at radius 3 is 2.53 bits per heavy atom. The molecular weight excluding hydrogens is 262 g/mol. The fraction of sp³-hybridized carbons (Fsp3) is 0.385. The number of primary amides is 1. The average molecular weight is 281 g/mol.